The SMILES string of the molecule is CCCc1nc(N(C)C[C@@H]2CC(=O)N(C(C)(C)C)C2)c2cnn(C)c2n1. The van der Waals surface area contributed by atoms with E-state index in [0.717, 1.165) is 48.6 Å². The summed E-state index contributed by atoms with van der Waals surface area (Å²) < 4.78 is 1.80. The molecule has 26 heavy (non-hydrogen) atoms. The number of likely N-dealkylation sites (tertiary alicyclic amines) is 1. The fourth-order valence-corrected chi connectivity index (χ4v) is 3.70. The number of hydrogen-bond donors (Lipinski definition) is 0. The second-order valence-corrected chi connectivity index (χ2v) is 8.34. The largest absolute Gasteiger partial charge is 0.359 e. The van der Waals surface area contributed by atoms with Gasteiger partial charge in [-0.1, -0.05) is 6.92 Å². The Morgan fingerprint density at radius 1 is 1.31 bits per heavy atom. The van der Waals surface area contributed by atoms with E-state index in [1.54, 1.807) is 4.68 Å². The molecule has 7 heteroatoms. The van der Waals surface area contributed by atoms with Crippen LogP contribution in [0.15, 0.2) is 6.20 Å². The van der Waals surface area contributed by atoms with Gasteiger partial charge in [-0.3, -0.25) is 9.48 Å². The number of aromatic nitrogens is 4. The van der Waals surface area contributed by atoms with Crippen LogP contribution in [0, 0.1) is 5.92 Å². The normalized spacial score (nSPS) is 18.2. The Bertz CT molecular complexity index is 806. The molecule has 3 rings (SSSR count). The molecule has 0 aliphatic carbocycles. The number of hydrogen-bond acceptors (Lipinski definition) is 5. The van der Waals surface area contributed by atoms with Crippen molar-refractivity contribution < 1.29 is 4.79 Å². The number of rotatable bonds is 5. The van der Waals surface area contributed by atoms with Crippen molar-refractivity contribution in [2.24, 2.45) is 13.0 Å². The topological polar surface area (TPSA) is 67.2 Å². The lowest BCUT2D eigenvalue weighted by atomic mass is 10.1. The summed E-state index contributed by atoms with van der Waals surface area (Å²) in [5.74, 6) is 2.32. The molecule has 0 saturated carbocycles. The lowest BCUT2D eigenvalue weighted by Crippen LogP contribution is -2.42. The van der Waals surface area contributed by atoms with Crippen LogP contribution in [0.2, 0.25) is 0 Å². The van der Waals surface area contributed by atoms with Crippen molar-refractivity contribution in [2.45, 2.75) is 52.5 Å². The van der Waals surface area contributed by atoms with Gasteiger partial charge in [0.05, 0.1) is 11.6 Å². The first kappa shape index (κ1) is 18.6. The Morgan fingerprint density at radius 3 is 2.65 bits per heavy atom. The van der Waals surface area contributed by atoms with E-state index in [0.29, 0.717) is 12.3 Å². The highest BCUT2D eigenvalue weighted by molar-refractivity contribution is 5.87. The predicted molar refractivity (Wildman–Crippen MR) is 103 cm³/mol. The summed E-state index contributed by atoms with van der Waals surface area (Å²) in [6.45, 7) is 10.0. The number of amides is 1. The Hall–Kier alpha value is -2.18. The van der Waals surface area contributed by atoms with Gasteiger partial charge in [-0.2, -0.15) is 5.10 Å². The maximum absolute atomic E-state index is 12.4. The first-order valence-electron chi connectivity index (χ1n) is 9.41. The molecular formula is C19H30N6O. The Labute approximate surface area is 155 Å². The van der Waals surface area contributed by atoms with E-state index in [2.05, 4.69) is 49.7 Å². The van der Waals surface area contributed by atoms with Gasteiger partial charge in [0.15, 0.2) is 5.65 Å². The average Bonchev–Trinajstić information content (AvgIpc) is 3.10. The van der Waals surface area contributed by atoms with Crippen molar-refractivity contribution in [1.29, 1.82) is 0 Å². The van der Waals surface area contributed by atoms with Gasteiger partial charge in [-0.25, -0.2) is 9.97 Å². The second kappa shape index (κ2) is 6.85. The van der Waals surface area contributed by atoms with Crippen molar-refractivity contribution in [3.05, 3.63) is 12.0 Å². The van der Waals surface area contributed by atoms with E-state index >= 15 is 0 Å². The van der Waals surface area contributed by atoms with Crippen LogP contribution >= 0.6 is 0 Å². The van der Waals surface area contributed by atoms with Crippen LogP contribution in [0.4, 0.5) is 5.82 Å². The quantitative estimate of drug-likeness (QED) is 0.821. The lowest BCUT2D eigenvalue weighted by Gasteiger charge is -2.32. The zero-order valence-electron chi connectivity index (χ0n) is 16.8. The van der Waals surface area contributed by atoms with E-state index in [4.69, 9.17) is 4.98 Å². The van der Waals surface area contributed by atoms with Crippen molar-refractivity contribution >= 4 is 22.8 Å². The highest BCUT2D eigenvalue weighted by Gasteiger charge is 2.36. The van der Waals surface area contributed by atoms with Gasteiger partial charge in [0, 0.05) is 51.5 Å². The fourth-order valence-electron chi connectivity index (χ4n) is 3.70. The standard InChI is InChI=1S/C19H30N6O/c1-7-8-15-21-17(14-10-20-24(6)18(14)22-15)23(5)11-13-9-16(26)25(12-13)19(2,3)4/h10,13H,7-9,11-12H2,1-6H3/t13-/m0/s1. The maximum Gasteiger partial charge on any atom is 0.223 e. The minimum absolute atomic E-state index is 0.121. The Morgan fingerprint density at radius 2 is 2.04 bits per heavy atom. The molecule has 7 nitrogen and oxygen atoms in total. The molecule has 142 valence electrons. The molecule has 0 bridgehead atoms. The highest BCUT2D eigenvalue weighted by Crippen LogP contribution is 2.29. The van der Waals surface area contributed by atoms with Crippen LogP contribution in [0.1, 0.15) is 46.4 Å². The van der Waals surface area contributed by atoms with Crippen LogP contribution in [0.25, 0.3) is 11.0 Å². The number of carbonyl (C=O) groups is 1. The highest BCUT2D eigenvalue weighted by atomic mass is 16.2. The van der Waals surface area contributed by atoms with Gasteiger partial charge >= 0.3 is 0 Å². The average molecular weight is 358 g/mol. The molecule has 0 N–H and O–H groups in total. The molecule has 1 amide bonds. The number of anilines is 1. The minimum atomic E-state index is -0.121. The molecule has 1 saturated heterocycles. The number of fused-ring (bicyclic) bond motifs is 1. The van der Waals surface area contributed by atoms with Crippen molar-refractivity contribution in [1.82, 2.24) is 24.6 Å². The summed E-state index contributed by atoms with van der Waals surface area (Å²) in [6, 6.07) is 0. The van der Waals surface area contributed by atoms with Gasteiger partial charge in [0.1, 0.15) is 11.6 Å². The number of aryl methyl sites for hydroxylation is 2. The van der Waals surface area contributed by atoms with Crippen molar-refractivity contribution in [3.8, 4) is 0 Å². The smallest absolute Gasteiger partial charge is 0.223 e. The first-order valence-corrected chi connectivity index (χ1v) is 9.41. The van der Waals surface area contributed by atoms with Crippen LogP contribution in [0.3, 0.4) is 0 Å². The molecule has 1 aliphatic heterocycles. The van der Waals surface area contributed by atoms with E-state index in [-0.39, 0.29) is 11.4 Å². The second-order valence-electron chi connectivity index (χ2n) is 8.34. The molecule has 2 aromatic rings. The summed E-state index contributed by atoms with van der Waals surface area (Å²) in [5.41, 5.74) is 0.744. The van der Waals surface area contributed by atoms with E-state index in [1.807, 2.05) is 18.1 Å². The third kappa shape index (κ3) is 3.52. The first-order chi connectivity index (χ1) is 12.2. The lowest BCUT2D eigenvalue weighted by molar-refractivity contribution is -0.131. The summed E-state index contributed by atoms with van der Waals surface area (Å²) >= 11 is 0. The third-order valence-electron chi connectivity index (χ3n) is 5.00. The molecule has 0 spiro atoms. The number of carbonyl (C=O) groups excluding carboxylic acids is 1. The molecule has 3 heterocycles. The van der Waals surface area contributed by atoms with Crippen LogP contribution < -0.4 is 4.90 Å². The molecule has 0 aromatic carbocycles. The molecule has 1 atom stereocenters. The van der Waals surface area contributed by atoms with Crippen molar-refractivity contribution in [3.63, 3.8) is 0 Å². The fraction of sp³-hybridized carbons (Fsp3) is 0.684. The van der Waals surface area contributed by atoms with Gasteiger partial charge in [-0.15, -0.1) is 0 Å². The monoisotopic (exact) mass is 358 g/mol. The van der Waals surface area contributed by atoms with Crippen LogP contribution in [-0.2, 0) is 18.3 Å². The molecule has 1 fully saturated rings. The Balaban J connectivity index is 1.84. The summed E-state index contributed by atoms with van der Waals surface area (Å²) in [6.07, 6.45) is 4.29. The predicted octanol–water partition coefficient (Wildman–Crippen LogP) is 2.40. The zero-order chi connectivity index (χ0) is 19.1. The Kier molecular flexibility index (Phi) is 4.90. The van der Waals surface area contributed by atoms with Gasteiger partial charge < -0.3 is 9.80 Å². The maximum atomic E-state index is 12.4. The molecule has 2 aromatic heterocycles. The molecule has 0 radical (unpaired) electrons. The summed E-state index contributed by atoms with van der Waals surface area (Å²) in [7, 11) is 3.96. The van der Waals surface area contributed by atoms with Crippen LogP contribution in [0.5, 0.6) is 0 Å². The zero-order valence-corrected chi connectivity index (χ0v) is 16.8. The van der Waals surface area contributed by atoms with Gasteiger partial charge in [-0.05, 0) is 27.2 Å². The molecular weight excluding hydrogens is 328 g/mol. The van der Waals surface area contributed by atoms with E-state index < -0.39 is 0 Å². The number of nitrogens with zero attached hydrogens (tertiary/aromatic N) is 6. The van der Waals surface area contributed by atoms with Gasteiger partial charge in [0.25, 0.3) is 0 Å². The van der Waals surface area contributed by atoms with Crippen molar-refractivity contribution in [2.75, 3.05) is 25.0 Å². The summed E-state index contributed by atoms with van der Waals surface area (Å²) in [4.78, 5) is 26.0. The summed E-state index contributed by atoms with van der Waals surface area (Å²) in [5, 5.41) is 5.32. The third-order valence-corrected chi connectivity index (χ3v) is 5.00. The van der Waals surface area contributed by atoms with E-state index in [9.17, 15) is 4.79 Å². The minimum Gasteiger partial charge on any atom is -0.359 e. The molecule has 1 aliphatic rings. The van der Waals surface area contributed by atoms with Crippen LogP contribution in [-0.4, -0.2) is 56.2 Å². The van der Waals surface area contributed by atoms with Gasteiger partial charge in [0.2, 0.25) is 5.91 Å². The van der Waals surface area contributed by atoms with E-state index in [1.165, 1.54) is 0 Å². The molecule has 0 unspecified atom stereocenters.